The van der Waals surface area contributed by atoms with Crippen molar-refractivity contribution in [3.05, 3.63) is 0 Å². The minimum Gasteiger partial charge on any atom is -0.381 e. The summed E-state index contributed by atoms with van der Waals surface area (Å²) in [4.78, 5) is 0. The first-order chi connectivity index (χ1) is 8.43. The van der Waals surface area contributed by atoms with E-state index in [0.717, 1.165) is 50.7 Å². The average Bonchev–Trinajstić information content (AvgIpc) is 2.32. The molecule has 0 heterocycles. The van der Waals surface area contributed by atoms with Gasteiger partial charge in [-0.3, -0.25) is 0 Å². The molecule has 0 N–H and O–H groups in total. The van der Waals surface area contributed by atoms with Crippen molar-refractivity contribution in [3.63, 3.8) is 0 Å². The quantitative estimate of drug-likeness (QED) is 0.487. The highest BCUT2D eigenvalue weighted by molar-refractivity contribution is 4.69. The van der Waals surface area contributed by atoms with E-state index in [1.54, 1.807) is 0 Å². The molecule has 1 radical (unpaired) electrons. The summed E-state index contributed by atoms with van der Waals surface area (Å²) in [5.41, 5.74) is -0.731. The van der Waals surface area contributed by atoms with Gasteiger partial charge in [0.05, 0.1) is 0 Å². The van der Waals surface area contributed by atoms with Crippen LogP contribution in [-0.4, -0.2) is 18.8 Å². The van der Waals surface area contributed by atoms with Crippen LogP contribution < -0.4 is 0 Å². The number of hydrogen-bond acceptors (Lipinski definition) is 1. The molecule has 0 aromatic carbocycles. The fourth-order valence-corrected chi connectivity index (χ4v) is 2.23. The second-order valence-electron chi connectivity index (χ2n) is 6.07. The van der Waals surface area contributed by atoms with E-state index >= 15 is 0 Å². The summed E-state index contributed by atoms with van der Waals surface area (Å²) in [5, 5.41) is 11.7. The molecular weight excluding hydrogens is 224 g/mol. The third kappa shape index (κ3) is 8.93. The van der Waals surface area contributed by atoms with Crippen LogP contribution in [0, 0.1) is 11.8 Å². The van der Waals surface area contributed by atoms with E-state index in [-0.39, 0.29) is 0 Å². The molecule has 0 fully saturated rings. The van der Waals surface area contributed by atoms with Gasteiger partial charge in [-0.05, 0) is 50.9 Å². The van der Waals surface area contributed by atoms with Crippen molar-refractivity contribution in [2.75, 3.05) is 13.2 Å². The van der Waals surface area contributed by atoms with E-state index in [4.69, 9.17) is 4.74 Å². The first-order valence-corrected chi connectivity index (χ1v) is 7.71. The lowest BCUT2D eigenvalue weighted by Crippen LogP contribution is -2.20. The summed E-state index contributed by atoms with van der Waals surface area (Å²) in [7, 11) is 0. The average molecular weight is 257 g/mol. The van der Waals surface area contributed by atoms with Crippen molar-refractivity contribution in [1.82, 2.24) is 0 Å². The van der Waals surface area contributed by atoms with E-state index < -0.39 is 5.60 Å². The smallest absolute Gasteiger partial charge is 0.101 e. The third-order valence-electron chi connectivity index (χ3n) is 4.09. The molecule has 2 heteroatoms. The Bertz CT molecular complexity index is 188. The Balaban J connectivity index is 3.41. The Morgan fingerprint density at radius 1 is 1.11 bits per heavy atom. The monoisotopic (exact) mass is 257 g/mol. The summed E-state index contributed by atoms with van der Waals surface area (Å²) >= 11 is 0. The molecule has 2 atom stereocenters. The van der Waals surface area contributed by atoms with Gasteiger partial charge in [0.25, 0.3) is 0 Å². The maximum Gasteiger partial charge on any atom is 0.101 e. The van der Waals surface area contributed by atoms with Crippen LogP contribution in [0.25, 0.3) is 0 Å². The molecule has 0 saturated carbocycles. The standard InChI is InChI=1S/C16H33O2/c1-6-15(14(3)4)10-13-18-12-9-8-11-16(5,17)7-2/h14-15H,6-13H2,1-5H3. The van der Waals surface area contributed by atoms with Crippen molar-refractivity contribution < 1.29 is 9.84 Å². The predicted octanol–water partition coefficient (Wildman–Crippen LogP) is 4.84. The van der Waals surface area contributed by atoms with Crippen LogP contribution in [-0.2, 0) is 9.84 Å². The highest BCUT2D eigenvalue weighted by Crippen LogP contribution is 2.19. The van der Waals surface area contributed by atoms with Crippen LogP contribution >= 0.6 is 0 Å². The zero-order valence-corrected chi connectivity index (χ0v) is 13.1. The Morgan fingerprint density at radius 2 is 1.78 bits per heavy atom. The van der Waals surface area contributed by atoms with Crippen molar-refractivity contribution in [1.29, 1.82) is 0 Å². The molecule has 0 saturated heterocycles. The van der Waals surface area contributed by atoms with E-state index in [1.807, 2.05) is 13.8 Å². The van der Waals surface area contributed by atoms with Crippen molar-refractivity contribution >= 4 is 0 Å². The minimum absolute atomic E-state index is 0.723. The Morgan fingerprint density at radius 3 is 2.28 bits per heavy atom. The molecule has 0 aliphatic carbocycles. The molecule has 18 heavy (non-hydrogen) atoms. The Labute approximate surface area is 114 Å². The summed E-state index contributed by atoms with van der Waals surface area (Å²) in [5.74, 6) is 1.54. The largest absolute Gasteiger partial charge is 0.381 e. The maximum absolute atomic E-state index is 11.7. The minimum atomic E-state index is -0.731. The fourth-order valence-electron chi connectivity index (χ4n) is 2.23. The van der Waals surface area contributed by atoms with Gasteiger partial charge in [-0.2, -0.15) is 0 Å². The number of hydrogen-bond donors (Lipinski definition) is 0. The van der Waals surface area contributed by atoms with E-state index in [2.05, 4.69) is 20.8 Å². The van der Waals surface area contributed by atoms with Gasteiger partial charge < -0.3 is 4.74 Å². The summed E-state index contributed by atoms with van der Waals surface area (Å²) in [6, 6.07) is 0. The van der Waals surface area contributed by atoms with Crippen LogP contribution in [0.2, 0.25) is 0 Å². The summed E-state index contributed by atoms with van der Waals surface area (Å²) < 4.78 is 5.66. The molecule has 0 aliphatic rings. The molecule has 0 aromatic heterocycles. The van der Waals surface area contributed by atoms with Gasteiger partial charge in [-0.25, -0.2) is 5.11 Å². The second-order valence-corrected chi connectivity index (χ2v) is 6.07. The number of ether oxygens (including phenoxy) is 1. The lowest BCUT2D eigenvalue weighted by atomic mass is 9.91. The van der Waals surface area contributed by atoms with Crippen LogP contribution in [0.4, 0.5) is 0 Å². The van der Waals surface area contributed by atoms with Crippen LogP contribution in [0.15, 0.2) is 0 Å². The Kier molecular flexibility index (Phi) is 9.76. The van der Waals surface area contributed by atoms with Crippen molar-refractivity contribution in [2.24, 2.45) is 11.8 Å². The van der Waals surface area contributed by atoms with Gasteiger partial charge in [0, 0.05) is 13.2 Å². The molecule has 2 unspecified atom stereocenters. The Hall–Kier alpha value is -0.0800. The summed E-state index contributed by atoms with van der Waals surface area (Å²) in [6.45, 7) is 12.3. The molecule has 0 aliphatic heterocycles. The van der Waals surface area contributed by atoms with Crippen molar-refractivity contribution in [2.45, 2.75) is 78.7 Å². The fraction of sp³-hybridized carbons (Fsp3) is 1.00. The highest BCUT2D eigenvalue weighted by atomic mass is 16.5. The molecule has 0 amide bonds. The molecule has 0 bridgehead atoms. The predicted molar refractivity (Wildman–Crippen MR) is 77.3 cm³/mol. The number of rotatable bonds is 11. The zero-order chi connectivity index (χ0) is 14.0. The first-order valence-electron chi connectivity index (χ1n) is 7.71. The normalized spacial score (nSPS) is 16.8. The topological polar surface area (TPSA) is 29.1 Å². The van der Waals surface area contributed by atoms with Gasteiger partial charge in [0.1, 0.15) is 5.60 Å². The van der Waals surface area contributed by atoms with Gasteiger partial charge in [-0.15, -0.1) is 0 Å². The molecule has 0 spiro atoms. The SMILES string of the molecule is CCC(CCOCCCCC(C)([O])CC)C(C)C. The highest BCUT2D eigenvalue weighted by Gasteiger charge is 2.18. The van der Waals surface area contributed by atoms with Gasteiger partial charge >= 0.3 is 0 Å². The van der Waals surface area contributed by atoms with Crippen molar-refractivity contribution in [3.8, 4) is 0 Å². The molecule has 2 nitrogen and oxygen atoms in total. The zero-order valence-electron chi connectivity index (χ0n) is 13.1. The molecule has 0 aromatic rings. The third-order valence-corrected chi connectivity index (χ3v) is 4.09. The lowest BCUT2D eigenvalue weighted by molar-refractivity contribution is -0.0265. The van der Waals surface area contributed by atoms with Gasteiger partial charge in [0.2, 0.25) is 0 Å². The molecular formula is C16H33O2. The number of unbranched alkanes of at least 4 members (excludes halogenated alkanes) is 1. The second kappa shape index (κ2) is 9.80. The lowest BCUT2D eigenvalue weighted by Gasteiger charge is -2.19. The van der Waals surface area contributed by atoms with E-state index in [9.17, 15) is 5.11 Å². The van der Waals surface area contributed by atoms with E-state index in [0.29, 0.717) is 0 Å². The molecule has 109 valence electrons. The van der Waals surface area contributed by atoms with Gasteiger partial charge in [0.15, 0.2) is 0 Å². The van der Waals surface area contributed by atoms with Gasteiger partial charge in [-0.1, -0.05) is 34.1 Å². The molecule has 0 rings (SSSR count). The van der Waals surface area contributed by atoms with Crippen LogP contribution in [0.3, 0.4) is 0 Å². The summed E-state index contributed by atoms with van der Waals surface area (Å²) in [6.07, 6.45) is 5.93. The van der Waals surface area contributed by atoms with Crippen LogP contribution in [0.1, 0.15) is 73.1 Å². The van der Waals surface area contributed by atoms with Crippen LogP contribution in [0.5, 0.6) is 0 Å². The first kappa shape index (κ1) is 17.9. The van der Waals surface area contributed by atoms with E-state index in [1.165, 1.54) is 12.8 Å². The maximum atomic E-state index is 11.7.